The number of aromatic nitrogens is 3. The lowest BCUT2D eigenvalue weighted by atomic mass is 9.65. The Balaban J connectivity index is 1.41. The molecule has 1 aromatic heterocycles. The first-order valence-electron chi connectivity index (χ1n) is 9.11. The first-order valence-corrected chi connectivity index (χ1v) is 9.11. The number of nitrogens with zero attached hydrogens (tertiary/aromatic N) is 3. The van der Waals surface area contributed by atoms with Crippen LogP contribution in [0.4, 0.5) is 0 Å². The molecule has 23 heavy (non-hydrogen) atoms. The van der Waals surface area contributed by atoms with Crippen molar-refractivity contribution >= 4 is 5.91 Å². The van der Waals surface area contributed by atoms with Crippen LogP contribution < -0.4 is 11.1 Å². The van der Waals surface area contributed by atoms with Crippen molar-refractivity contribution in [2.24, 2.45) is 23.5 Å². The van der Waals surface area contributed by atoms with Gasteiger partial charge in [0, 0.05) is 24.9 Å². The van der Waals surface area contributed by atoms with Crippen molar-refractivity contribution in [2.45, 2.75) is 70.5 Å². The Labute approximate surface area is 137 Å². The fraction of sp³-hybridized carbons (Fsp3) is 0.824. The molecule has 0 spiro atoms. The number of carbonyl (C=O) groups is 1. The first-order chi connectivity index (χ1) is 11.1. The minimum absolute atomic E-state index is 0.0720. The van der Waals surface area contributed by atoms with E-state index in [0.717, 1.165) is 43.9 Å². The molecule has 3 N–H and O–H groups in total. The number of hydrogen-bond acceptors (Lipinski definition) is 4. The van der Waals surface area contributed by atoms with Gasteiger partial charge >= 0.3 is 0 Å². The van der Waals surface area contributed by atoms with Crippen molar-refractivity contribution in [3.63, 3.8) is 0 Å². The molecule has 3 unspecified atom stereocenters. The van der Waals surface area contributed by atoms with Crippen LogP contribution in [0.3, 0.4) is 0 Å². The van der Waals surface area contributed by atoms with Crippen molar-refractivity contribution in [1.82, 2.24) is 20.1 Å². The van der Waals surface area contributed by atoms with Gasteiger partial charge in [-0.1, -0.05) is 6.42 Å². The number of nitrogens with two attached hydrogens (primary N) is 1. The Kier molecular flexibility index (Phi) is 3.87. The first kappa shape index (κ1) is 15.1. The molecule has 2 heterocycles. The standard InChI is InChI=1S/C17H27N5O/c1-10(16-21-20-14-6-3-7-22(14)16)19-17(23)13-8-11-4-2-5-12(9-13)15(11)18/h10-13,15H,2-9,18H2,1H3,(H,19,23). The quantitative estimate of drug-likeness (QED) is 0.886. The summed E-state index contributed by atoms with van der Waals surface area (Å²) >= 11 is 0. The summed E-state index contributed by atoms with van der Waals surface area (Å²) in [6, 6.07) is 0.238. The molecular formula is C17H27N5O. The molecule has 0 aromatic carbocycles. The number of aryl methyl sites for hydroxylation is 1. The minimum Gasteiger partial charge on any atom is -0.346 e. The van der Waals surface area contributed by atoms with Gasteiger partial charge in [0.1, 0.15) is 5.82 Å². The summed E-state index contributed by atoms with van der Waals surface area (Å²) < 4.78 is 2.16. The number of fused-ring (bicyclic) bond motifs is 3. The molecule has 3 atom stereocenters. The molecule has 2 bridgehead atoms. The van der Waals surface area contributed by atoms with Crippen LogP contribution in [0.5, 0.6) is 0 Å². The number of amides is 1. The molecule has 126 valence electrons. The molecule has 0 saturated heterocycles. The maximum Gasteiger partial charge on any atom is 0.223 e. The van der Waals surface area contributed by atoms with Crippen LogP contribution in [0.25, 0.3) is 0 Å². The molecule has 3 aliphatic rings. The highest BCUT2D eigenvalue weighted by Crippen LogP contribution is 2.42. The lowest BCUT2D eigenvalue weighted by Crippen LogP contribution is -2.49. The molecule has 2 aliphatic carbocycles. The van der Waals surface area contributed by atoms with Crippen LogP contribution in [0.15, 0.2) is 0 Å². The van der Waals surface area contributed by atoms with E-state index in [1.54, 1.807) is 0 Å². The van der Waals surface area contributed by atoms with E-state index in [1.165, 1.54) is 19.3 Å². The van der Waals surface area contributed by atoms with E-state index in [4.69, 9.17) is 5.73 Å². The van der Waals surface area contributed by atoms with Gasteiger partial charge < -0.3 is 15.6 Å². The lowest BCUT2D eigenvalue weighted by Gasteiger charge is -2.43. The number of hydrogen-bond donors (Lipinski definition) is 2. The van der Waals surface area contributed by atoms with Gasteiger partial charge in [-0.15, -0.1) is 10.2 Å². The second-order valence-electron chi connectivity index (χ2n) is 7.66. The molecule has 6 nitrogen and oxygen atoms in total. The Morgan fingerprint density at radius 1 is 1.26 bits per heavy atom. The van der Waals surface area contributed by atoms with Crippen molar-refractivity contribution in [2.75, 3.05) is 0 Å². The molecule has 2 saturated carbocycles. The summed E-state index contributed by atoms with van der Waals surface area (Å²) in [6.07, 6.45) is 7.69. The van der Waals surface area contributed by atoms with Gasteiger partial charge in [-0.05, 0) is 50.9 Å². The highest BCUT2D eigenvalue weighted by molar-refractivity contribution is 5.79. The number of rotatable bonds is 3. The average molecular weight is 317 g/mol. The van der Waals surface area contributed by atoms with E-state index in [1.807, 2.05) is 6.92 Å². The zero-order valence-electron chi connectivity index (χ0n) is 13.9. The van der Waals surface area contributed by atoms with Gasteiger partial charge in [0.15, 0.2) is 5.82 Å². The molecule has 1 aliphatic heterocycles. The Bertz CT molecular complexity index is 584. The highest BCUT2D eigenvalue weighted by atomic mass is 16.2. The summed E-state index contributed by atoms with van der Waals surface area (Å²) in [6.45, 7) is 2.99. The monoisotopic (exact) mass is 317 g/mol. The van der Waals surface area contributed by atoms with Gasteiger partial charge in [-0.25, -0.2) is 0 Å². The third-order valence-electron chi connectivity index (χ3n) is 6.17. The minimum atomic E-state index is -0.0720. The van der Waals surface area contributed by atoms with E-state index in [-0.39, 0.29) is 17.9 Å². The fourth-order valence-corrected chi connectivity index (χ4v) is 4.89. The zero-order chi connectivity index (χ0) is 16.0. The lowest BCUT2D eigenvalue weighted by molar-refractivity contribution is -0.128. The van der Waals surface area contributed by atoms with Crippen LogP contribution in [0, 0.1) is 17.8 Å². The van der Waals surface area contributed by atoms with Gasteiger partial charge in [0.2, 0.25) is 5.91 Å². The van der Waals surface area contributed by atoms with Crippen molar-refractivity contribution in [3.05, 3.63) is 11.6 Å². The van der Waals surface area contributed by atoms with E-state index >= 15 is 0 Å². The third kappa shape index (κ3) is 2.67. The van der Waals surface area contributed by atoms with Crippen LogP contribution >= 0.6 is 0 Å². The molecule has 1 amide bonds. The van der Waals surface area contributed by atoms with Gasteiger partial charge in [0.25, 0.3) is 0 Å². The zero-order valence-corrected chi connectivity index (χ0v) is 13.9. The van der Waals surface area contributed by atoms with Gasteiger partial charge in [-0.2, -0.15) is 0 Å². The highest BCUT2D eigenvalue weighted by Gasteiger charge is 2.40. The normalized spacial score (nSPS) is 34.0. The smallest absolute Gasteiger partial charge is 0.223 e. The Morgan fingerprint density at radius 2 is 2.00 bits per heavy atom. The Hall–Kier alpha value is -1.43. The fourth-order valence-electron chi connectivity index (χ4n) is 4.89. The molecule has 0 radical (unpaired) electrons. The topological polar surface area (TPSA) is 85.8 Å². The summed E-state index contributed by atoms with van der Waals surface area (Å²) in [5, 5.41) is 11.7. The van der Waals surface area contributed by atoms with Gasteiger partial charge in [0.05, 0.1) is 6.04 Å². The second kappa shape index (κ2) is 5.89. The predicted octanol–water partition coefficient (Wildman–Crippen LogP) is 1.56. The van der Waals surface area contributed by atoms with Crippen LogP contribution in [0.1, 0.15) is 63.1 Å². The van der Waals surface area contributed by atoms with Crippen molar-refractivity contribution in [1.29, 1.82) is 0 Å². The molecule has 1 aromatic rings. The van der Waals surface area contributed by atoms with E-state index < -0.39 is 0 Å². The predicted molar refractivity (Wildman–Crippen MR) is 86.4 cm³/mol. The van der Waals surface area contributed by atoms with E-state index in [0.29, 0.717) is 17.9 Å². The molecule has 2 fully saturated rings. The van der Waals surface area contributed by atoms with Crippen LogP contribution in [0.2, 0.25) is 0 Å². The third-order valence-corrected chi connectivity index (χ3v) is 6.17. The van der Waals surface area contributed by atoms with Crippen molar-refractivity contribution < 1.29 is 4.79 Å². The molecular weight excluding hydrogens is 290 g/mol. The van der Waals surface area contributed by atoms with Crippen LogP contribution in [-0.4, -0.2) is 26.7 Å². The van der Waals surface area contributed by atoms with Crippen LogP contribution in [-0.2, 0) is 17.8 Å². The maximum absolute atomic E-state index is 12.7. The summed E-state index contributed by atoms with van der Waals surface area (Å²) in [7, 11) is 0. The largest absolute Gasteiger partial charge is 0.346 e. The SMILES string of the molecule is CC(NC(=O)C1CC2CCCC(C1)C2N)c1nnc2n1CCC2. The second-order valence-corrected chi connectivity index (χ2v) is 7.66. The summed E-state index contributed by atoms with van der Waals surface area (Å²) in [4.78, 5) is 12.7. The molecule has 6 heteroatoms. The van der Waals surface area contributed by atoms with E-state index in [2.05, 4.69) is 20.1 Å². The molecule has 4 rings (SSSR count). The summed E-state index contributed by atoms with van der Waals surface area (Å²) in [5.41, 5.74) is 6.33. The average Bonchev–Trinajstić information content (AvgIpc) is 3.09. The van der Waals surface area contributed by atoms with Gasteiger partial charge in [-0.3, -0.25) is 4.79 Å². The Morgan fingerprint density at radius 3 is 2.74 bits per heavy atom. The maximum atomic E-state index is 12.7. The van der Waals surface area contributed by atoms with Crippen molar-refractivity contribution in [3.8, 4) is 0 Å². The number of nitrogens with one attached hydrogen (secondary N) is 1. The summed E-state index contributed by atoms with van der Waals surface area (Å²) in [5.74, 6) is 3.32. The number of carbonyl (C=O) groups excluding carboxylic acids is 1. The van der Waals surface area contributed by atoms with E-state index in [9.17, 15) is 4.79 Å².